The van der Waals surface area contributed by atoms with Gasteiger partial charge in [-0.1, -0.05) is 0 Å². The van der Waals surface area contributed by atoms with Crippen LogP contribution >= 0.6 is 0 Å². The largest absolute Gasteiger partial charge is 0.489 e. The third-order valence-corrected chi connectivity index (χ3v) is 2.02. The zero-order valence-corrected chi connectivity index (χ0v) is 8.20. The Labute approximate surface area is 90.2 Å². The highest BCUT2D eigenvalue weighted by Gasteiger charge is 2.22. The van der Waals surface area contributed by atoms with Crippen molar-refractivity contribution in [3.63, 3.8) is 0 Å². The molecule has 0 unspecified atom stereocenters. The molecule has 2 rings (SSSR count). The zero-order chi connectivity index (χ0) is 11.5. The highest BCUT2D eigenvalue weighted by Crippen LogP contribution is 2.16. The molecule has 1 saturated heterocycles. The Morgan fingerprint density at radius 1 is 1.38 bits per heavy atom. The van der Waals surface area contributed by atoms with Crippen LogP contribution in [-0.4, -0.2) is 25.3 Å². The van der Waals surface area contributed by atoms with Crippen LogP contribution in [0.3, 0.4) is 0 Å². The van der Waals surface area contributed by atoms with Gasteiger partial charge in [0.2, 0.25) is 0 Å². The van der Waals surface area contributed by atoms with Crippen LogP contribution in [0, 0.1) is 11.6 Å². The molecular formula is C10H9F2NO3. The van der Waals surface area contributed by atoms with Gasteiger partial charge in [0.25, 0.3) is 0 Å². The third kappa shape index (κ3) is 2.59. The van der Waals surface area contributed by atoms with Crippen molar-refractivity contribution in [2.75, 3.05) is 13.2 Å². The van der Waals surface area contributed by atoms with Gasteiger partial charge in [0.05, 0.1) is 6.54 Å². The van der Waals surface area contributed by atoms with Crippen molar-refractivity contribution in [2.45, 2.75) is 6.10 Å². The summed E-state index contributed by atoms with van der Waals surface area (Å²) in [5.74, 6) is -1.35. The average Bonchev–Trinajstić information content (AvgIpc) is 2.60. The Hall–Kier alpha value is -1.85. The fourth-order valence-electron chi connectivity index (χ4n) is 1.33. The molecule has 6 heteroatoms. The molecular weight excluding hydrogens is 220 g/mol. The molecule has 0 saturated carbocycles. The zero-order valence-electron chi connectivity index (χ0n) is 8.20. The number of ether oxygens (including phenoxy) is 2. The number of halogens is 2. The van der Waals surface area contributed by atoms with E-state index in [2.05, 4.69) is 5.32 Å². The second-order valence-electron chi connectivity index (χ2n) is 3.32. The molecule has 0 aromatic heterocycles. The average molecular weight is 229 g/mol. The Bertz CT molecular complexity index is 391. The standard InChI is InChI=1S/C10H9F2NO3/c11-6-1-7(12)3-8(2-6)15-5-9-4-13-10(14)16-9/h1-3,9H,4-5H2,(H,13,14)/t9-/m0/s1. The van der Waals surface area contributed by atoms with Gasteiger partial charge >= 0.3 is 6.09 Å². The predicted molar refractivity (Wildman–Crippen MR) is 50.1 cm³/mol. The molecule has 1 aliphatic heterocycles. The number of amides is 1. The minimum Gasteiger partial charge on any atom is -0.489 e. The summed E-state index contributed by atoms with van der Waals surface area (Å²) in [4.78, 5) is 10.7. The Morgan fingerprint density at radius 2 is 2.06 bits per heavy atom. The van der Waals surface area contributed by atoms with Crippen molar-refractivity contribution in [3.05, 3.63) is 29.8 Å². The summed E-state index contributed by atoms with van der Waals surface area (Å²) in [6.45, 7) is 0.387. The van der Waals surface area contributed by atoms with Gasteiger partial charge in [0.15, 0.2) is 6.10 Å². The second-order valence-corrected chi connectivity index (χ2v) is 3.32. The molecule has 0 bridgehead atoms. The summed E-state index contributed by atoms with van der Waals surface area (Å²) in [5.41, 5.74) is 0. The molecule has 1 aliphatic rings. The molecule has 0 spiro atoms. The van der Waals surface area contributed by atoms with Gasteiger partial charge in [-0.15, -0.1) is 0 Å². The molecule has 1 amide bonds. The molecule has 1 N–H and O–H groups in total. The Kier molecular flexibility index (Phi) is 2.89. The van der Waals surface area contributed by atoms with Gasteiger partial charge < -0.3 is 14.8 Å². The molecule has 16 heavy (non-hydrogen) atoms. The number of hydrogen-bond acceptors (Lipinski definition) is 3. The van der Waals surface area contributed by atoms with Gasteiger partial charge in [-0.25, -0.2) is 13.6 Å². The van der Waals surface area contributed by atoms with E-state index in [1.807, 2.05) is 0 Å². The van der Waals surface area contributed by atoms with E-state index in [9.17, 15) is 13.6 Å². The minimum absolute atomic E-state index is 0.0572. The first-order valence-corrected chi connectivity index (χ1v) is 4.67. The summed E-state index contributed by atoms with van der Waals surface area (Å²) in [6, 6.07) is 2.88. The van der Waals surface area contributed by atoms with Gasteiger partial charge in [-0.3, -0.25) is 0 Å². The summed E-state index contributed by atoms with van der Waals surface area (Å²) in [5, 5.41) is 2.44. The van der Waals surface area contributed by atoms with Crippen LogP contribution in [0.25, 0.3) is 0 Å². The number of nitrogens with one attached hydrogen (secondary N) is 1. The van der Waals surface area contributed by atoms with E-state index >= 15 is 0 Å². The predicted octanol–water partition coefficient (Wildman–Crippen LogP) is 1.45. The van der Waals surface area contributed by atoms with E-state index in [-0.39, 0.29) is 12.4 Å². The molecule has 0 aliphatic carbocycles. The van der Waals surface area contributed by atoms with Gasteiger partial charge in [-0.05, 0) is 0 Å². The molecule has 1 aromatic rings. The first kappa shape index (κ1) is 10.7. The lowest BCUT2D eigenvalue weighted by Gasteiger charge is -2.10. The number of rotatable bonds is 3. The van der Waals surface area contributed by atoms with E-state index in [0.29, 0.717) is 6.54 Å². The summed E-state index contributed by atoms with van der Waals surface area (Å²) < 4.78 is 35.4. The number of carbonyl (C=O) groups is 1. The molecule has 4 nitrogen and oxygen atoms in total. The molecule has 1 atom stereocenters. The summed E-state index contributed by atoms with van der Waals surface area (Å²) in [7, 11) is 0. The normalized spacial score (nSPS) is 19.1. The van der Waals surface area contributed by atoms with Gasteiger partial charge in [0, 0.05) is 18.2 Å². The second kappa shape index (κ2) is 4.34. The van der Waals surface area contributed by atoms with Crippen molar-refractivity contribution in [3.8, 4) is 5.75 Å². The molecule has 1 aromatic carbocycles. The van der Waals surface area contributed by atoms with Crippen molar-refractivity contribution >= 4 is 6.09 Å². The fourth-order valence-corrected chi connectivity index (χ4v) is 1.33. The van der Waals surface area contributed by atoms with Crippen molar-refractivity contribution in [2.24, 2.45) is 0 Å². The molecule has 1 fully saturated rings. The number of hydrogen-bond donors (Lipinski definition) is 1. The summed E-state index contributed by atoms with van der Waals surface area (Å²) >= 11 is 0. The van der Waals surface area contributed by atoms with Crippen LogP contribution in [0.2, 0.25) is 0 Å². The third-order valence-electron chi connectivity index (χ3n) is 2.02. The number of cyclic esters (lactones) is 1. The van der Waals surface area contributed by atoms with Gasteiger partial charge in [-0.2, -0.15) is 0 Å². The maximum atomic E-state index is 12.8. The monoisotopic (exact) mass is 229 g/mol. The quantitative estimate of drug-likeness (QED) is 0.853. The highest BCUT2D eigenvalue weighted by atomic mass is 19.1. The van der Waals surface area contributed by atoms with Crippen LogP contribution in [0.15, 0.2) is 18.2 Å². The number of carbonyl (C=O) groups excluding carboxylic acids is 1. The maximum Gasteiger partial charge on any atom is 0.407 e. The van der Waals surface area contributed by atoms with E-state index in [4.69, 9.17) is 9.47 Å². The molecule has 0 radical (unpaired) electrons. The van der Waals surface area contributed by atoms with E-state index in [1.54, 1.807) is 0 Å². The van der Waals surface area contributed by atoms with Crippen molar-refractivity contribution in [1.82, 2.24) is 5.32 Å². The SMILES string of the molecule is O=C1NC[C@@H](COc2cc(F)cc(F)c2)O1. The lowest BCUT2D eigenvalue weighted by atomic mass is 10.3. The van der Waals surface area contributed by atoms with E-state index in [1.165, 1.54) is 0 Å². The number of alkyl carbamates (subject to hydrolysis) is 1. The summed E-state index contributed by atoms with van der Waals surface area (Å²) in [6.07, 6.45) is -0.946. The fraction of sp³-hybridized carbons (Fsp3) is 0.300. The Morgan fingerprint density at radius 3 is 2.62 bits per heavy atom. The number of benzene rings is 1. The molecule has 86 valence electrons. The Balaban J connectivity index is 1.91. The lowest BCUT2D eigenvalue weighted by Crippen LogP contribution is -2.22. The van der Waals surface area contributed by atoms with Crippen molar-refractivity contribution in [1.29, 1.82) is 0 Å². The van der Waals surface area contributed by atoms with Crippen LogP contribution < -0.4 is 10.1 Å². The van der Waals surface area contributed by atoms with E-state index in [0.717, 1.165) is 18.2 Å². The van der Waals surface area contributed by atoms with Crippen molar-refractivity contribution < 1.29 is 23.0 Å². The smallest absolute Gasteiger partial charge is 0.407 e. The van der Waals surface area contributed by atoms with Crippen LogP contribution in [0.1, 0.15) is 0 Å². The molecule has 1 heterocycles. The minimum atomic E-state index is -0.712. The maximum absolute atomic E-state index is 12.8. The van der Waals surface area contributed by atoms with Gasteiger partial charge in [0.1, 0.15) is 24.0 Å². The topological polar surface area (TPSA) is 47.6 Å². The first-order valence-electron chi connectivity index (χ1n) is 4.67. The van der Waals surface area contributed by atoms with Crippen LogP contribution in [-0.2, 0) is 4.74 Å². The van der Waals surface area contributed by atoms with E-state index < -0.39 is 23.8 Å². The van der Waals surface area contributed by atoms with Crippen LogP contribution in [0.5, 0.6) is 5.75 Å². The highest BCUT2D eigenvalue weighted by molar-refractivity contribution is 5.69. The van der Waals surface area contributed by atoms with Crippen LogP contribution in [0.4, 0.5) is 13.6 Å². The lowest BCUT2D eigenvalue weighted by molar-refractivity contribution is 0.104. The first-order chi connectivity index (χ1) is 7.63.